The van der Waals surface area contributed by atoms with Crippen molar-refractivity contribution in [1.29, 1.82) is 0 Å². The van der Waals surface area contributed by atoms with Crippen LogP contribution >= 0.6 is 0 Å². The van der Waals surface area contributed by atoms with Crippen molar-refractivity contribution < 1.29 is 19.0 Å². The molecule has 4 aromatic rings. The molecule has 0 spiro atoms. The van der Waals surface area contributed by atoms with Crippen LogP contribution in [0.25, 0.3) is 10.8 Å². The molecular weight excluding hydrogens is 416 g/mol. The second kappa shape index (κ2) is 10.3. The molecule has 33 heavy (non-hydrogen) atoms. The van der Waals surface area contributed by atoms with Gasteiger partial charge < -0.3 is 14.2 Å². The zero-order valence-electron chi connectivity index (χ0n) is 18.4. The predicted molar refractivity (Wildman–Crippen MR) is 129 cm³/mol. The van der Waals surface area contributed by atoms with E-state index in [-0.39, 0.29) is 5.91 Å². The molecule has 166 valence electrons. The van der Waals surface area contributed by atoms with Gasteiger partial charge in [0.2, 0.25) is 0 Å². The lowest BCUT2D eigenvalue weighted by Crippen LogP contribution is -2.17. The Kier molecular flexibility index (Phi) is 6.85. The molecule has 4 aromatic carbocycles. The lowest BCUT2D eigenvalue weighted by molar-refractivity contribution is 0.0955. The Morgan fingerprint density at radius 2 is 1.64 bits per heavy atom. The molecule has 0 radical (unpaired) electrons. The van der Waals surface area contributed by atoms with Gasteiger partial charge in [-0.25, -0.2) is 5.43 Å². The van der Waals surface area contributed by atoms with Crippen LogP contribution in [0.5, 0.6) is 17.2 Å². The first-order valence-corrected chi connectivity index (χ1v) is 10.4. The number of fused-ring (bicyclic) bond motifs is 1. The number of nitrogens with one attached hydrogen (secondary N) is 1. The van der Waals surface area contributed by atoms with Gasteiger partial charge in [0, 0.05) is 11.1 Å². The standard InChI is InChI=1S/C27H24N2O4/c1-31-23-15-13-20(14-16-23)27(30)29-28-17-21-9-6-12-25(32-2)26(21)33-18-22-10-5-8-19-7-3-4-11-24(19)22/h3-17H,18H2,1-2H3,(H,29,30)/b28-17+. The molecule has 0 heterocycles. The third kappa shape index (κ3) is 5.13. The average molecular weight is 440 g/mol. The van der Waals surface area contributed by atoms with Crippen molar-refractivity contribution in [2.24, 2.45) is 5.10 Å². The van der Waals surface area contributed by atoms with Crippen molar-refractivity contribution in [3.8, 4) is 17.2 Å². The fraction of sp³-hybridized carbons (Fsp3) is 0.111. The molecule has 0 saturated heterocycles. The highest BCUT2D eigenvalue weighted by atomic mass is 16.5. The van der Waals surface area contributed by atoms with Crippen LogP contribution in [0.1, 0.15) is 21.5 Å². The number of carbonyl (C=O) groups excluding carboxylic acids is 1. The maximum atomic E-state index is 12.4. The van der Waals surface area contributed by atoms with E-state index in [4.69, 9.17) is 14.2 Å². The first-order chi connectivity index (χ1) is 16.2. The van der Waals surface area contributed by atoms with Crippen molar-refractivity contribution in [2.75, 3.05) is 14.2 Å². The molecule has 0 fully saturated rings. The predicted octanol–water partition coefficient (Wildman–Crippen LogP) is 5.20. The van der Waals surface area contributed by atoms with E-state index in [9.17, 15) is 4.79 Å². The summed E-state index contributed by atoms with van der Waals surface area (Å²) in [5.74, 6) is 1.49. The van der Waals surface area contributed by atoms with Crippen LogP contribution in [-0.4, -0.2) is 26.3 Å². The van der Waals surface area contributed by atoms with Crippen LogP contribution < -0.4 is 19.6 Å². The monoisotopic (exact) mass is 440 g/mol. The number of rotatable bonds is 8. The minimum atomic E-state index is -0.324. The third-order valence-corrected chi connectivity index (χ3v) is 5.20. The molecule has 6 nitrogen and oxygen atoms in total. The lowest BCUT2D eigenvalue weighted by Gasteiger charge is -2.14. The van der Waals surface area contributed by atoms with Gasteiger partial charge in [0.1, 0.15) is 12.4 Å². The number of para-hydroxylation sites is 1. The van der Waals surface area contributed by atoms with Gasteiger partial charge in [0.05, 0.1) is 20.4 Å². The van der Waals surface area contributed by atoms with Crippen molar-refractivity contribution in [3.63, 3.8) is 0 Å². The molecule has 0 aliphatic rings. The summed E-state index contributed by atoms with van der Waals surface area (Å²) < 4.78 is 16.8. The van der Waals surface area contributed by atoms with Gasteiger partial charge in [-0.2, -0.15) is 5.10 Å². The smallest absolute Gasteiger partial charge is 0.271 e. The third-order valence-electron chi connectivity index (χ3n) is 5.20. The van der Waals surface area contributed by atoms with Crippen LogP contribution in [0.15, 0.2) is 90.0 Å². The number of hydrogen-bond acceptors (Lipinski definition) is 5. The van der Waals surface area contributed by atoms with Gasteiger partial charge in [-0.05, 0) is 52.7 Å². The van der Waals surface area contributed by atoms with Crippen molar-refractivity contribution in [1.82, 2.24) is 5.43 Å². The van der Waals surface area contributed by atoms with Gasteiger partial charge in [0.25, 0.3) is 5.91 Å². The SMILES string of the molecule is COc1ccc(C(=O)N/N=C/c2cccc(OC)c2OCc2cccc3ccccc23)cc1. The van der Waals surface area contributed by atoms with Gasteiger partial charge in [-0.15, -0.1) is 0 Å². The number of ether oxygens (including phenoxy) is 3. The zero-order valence-corrected chi connectivity index (χ0v) is 18.4. The summed E-state index contributed by atoms with van der Waals surface area (Å²) in [5, 5.41) is 6.40. The number of methoxy groups -OCH3 is 2. The van der Waals surface area contributed by atoms with Gasteiger partial charge in [0.15, 0.2) is 11.5 Å². The number of nitrogens with zero attached hydrogens (tertiary/aromatic N) is 1. The average Bonchev–Trinajstić information content (AvgIpc) is 2.87. The van der Waals surface area contributed by atoms with E-state index in [1.54, 1.807) is 44.7 Å². The molecule has 0 aliphatic heterocycles. The van der Waals surface area contributed by atoms with E-state index in [0.29, 0.717) is 35.0 Å². The molecule has 0 atom stereocenters. The molecule has 0 saturated carbocycles. The Morgan fingerprint density at radius 1 is 0.879 bits per heavy atom. The van der Waals surface area contributed by atoms with Crippen molar-refractivity contribution in [2.45, 2.75) is 6.61 Å². The number of amides is 1. The molecule has 0 bridgehead atoms. The Balaban J connectivity index is 1.51. The summed E-state index contributed by atoms with van der Waals surface area (Å²) in [4.78, 5) is 12.4. The summed E-state index contributed by atoms with van der Waals surface area (Å²) in [6, 6.07) is 26.6. The second-order valence-electron chi connectivity index (χ2n) is 7.23. The van der Waals surface area contributed by atoms with Crippen LogP contribution in [0.2, 0.25) is 0 Å². The molecule has 0 unspecified atom stereocenters. The van der Waals surface area contributed by atoms with Crippen molar-refractivity contribution in [3.05, 3.63) is 102 Å². The number of hydrogen-bond donors (Lipinski definition) is 1. The number of benzene rings is 4. The fourth-order valence-electron chi connectivity index (χ4n) is 3.49. The largest absolute Gasteiger partial charge is 0.497 e. The van der Waals surface area contributed by atoms with Crippen LogP contribution in [0, 0.1) is 0 Å². The lowest BCUT2D eigenvalue weighted by atomic mass is 10.1. The second-order valence-corrected chi connectivity index (χ2v) is 7.23. The normalized spacial score (nSPS) is 10.8. The summed E-state index contributed by atoms with van der Waals surface area (Å²) >= 11 is 0. The minimum absolute atomic E-state index is 0.324. The fourth-order valence-corrected chi connectivity index (χ4v) is 3.49. The Morgan fingerprint density at radius 3 is 2.42 bits per heavy atom. The van der Waals surface area contributed by atoms with E-state index >= 15 is 0 Å². The molecule has 1 N–H and O–H groups in total. The number of carbonyl (C=O) groups is 1. The highest BCUT2D eigenvalue weighted by molar-refractivity contribution is 5.95. The Bertz CT molecular complexity index is 1280. The summed E-state index contributed by atoms with van der Waals surface area (Å²) in [5.41, 5.74) is 4.77. The van der Waals surface area contributed by atoms with E-state index < -0.39 is 0 Å². The first kappa shape index (κ1) is 21.9. The van der Waals surface area contributed by atoms with Gasteiger partial charge >= 0.3 is 0 Å². The molecule has 6 heteroatoms. The highest BCUT2D eigenvalue weighted by Crippen LogP contribution is 2.31. The van der Waals surface area contributed by atoms with Crippen LogP contribution in [0.4, 0.5) is 0 Å². The van der Waals surface area contributed by atoms with Gasteiger partial charge in [-0.3, -0.25) is 4.79 Å². The Hall–Kier alpha value is -4.32. The highest BCUT2D eigenvalue weighted by Gasteiger charge is 2.11. The van der Waals surface area contributed by atoms with Gasteiger partial charge in [-0.1, -0.05) is 48.5 Å². The van der Waals surface area contributed by atoms with E-state index in [1.807, 2.05) is 42.5 Å². The maximum absolute atomic E-state index is 12.4. The van der Waals surface area contributed by atoms with Crippen LogP contribution in [0.3, 0.4) is 0 Å². The quantitative estimate of drug-likeness (QED) is 0.302. The van der Waals surface area contributed by atoms with E-state index in [0.717, 1.165) is 16.3 Å². The summed E-state index contributed by atoms with van der Waals surface area (Å²) in [6.45, 7) is 0.362. The topological polar surface area (TPSA) is 69.2 Å². The van der Waals surface area contributed by atoms with Crippen LogP contribution in [-0.2, 0) is 6.61 Å². The minimum Gasteiger partial charge on any atom is -0.497 e. The molecular formula is C27H24N2O4. The molecule has 4 rings (SSSR count). The van der Waals surface area contributed by atoms with E-state index in [2.05, 4.69) is 28.7 Å². The molecule has 0 aromatic heterocycles. The first-order valence-electron chi connectivity index (χ1n) is 10.4. The van der Waals surface area contributed by atoms with E-state index in [1.165, 1.54) is 0 Å². The van der Waals surface area contributed by atoms with Crippen molar-refractivity contribution >= 4 is 22.9 Å². The molecule has 0 aliphatic carbocycles. The number of hydrazone groups is 1. The zero-order chi connectivity index (χ0) is 23.0. The Labute approximate surface area is 192 Å². The summed E-state index contributed by atoms with van der Waals surface area (Å²) in [6.07, 6.45) is 1.54. The molecule has 1 amide bonds. The summed E-state index contributed by atoms with van der Waals surface area (Å²) in [7, 11) is 3.17. The maximum Gasteiger partial charge on any atom is 0.271 e.